The maximum absolute atomic E-state index is 13.6. The molecule has 1 aliphatic heterocycles. The number of fused-ring (bicyclic) bond motifs is 1. The first-order chi connectivity index (χ1) is 16.4. The molecule has 0 saturated heterocycles. The number of halogens is 1. The van der Waals surface area contributed by atoms with E-state index in [0.29, 0.717) is 23.4 Å². The molecular weight excluding hydrogens is 528 g/mol. The fourth-order valence-electron chi connectivity index (χ4n) is 3.98. The number of carbonyl (C=O) groups excluding carboxylic acids is 1. The molecule has 1 heterocycles. The number of hydrogen-bond acceptors (Lipinski definition) is 4. The van der Waals surface area contributed by atoms with Gasteiger partial charge in [-0.3, -0.25) is 4.79 Å². The second kappa shape index (κ2) is 10.2. The van der Waals surface area contributed by atoms with Crippen LogP contribution in [0.5, 0.6) is 0 Å². The van der Waals surface area contributed by atoms with Crippen molar-refractivity contribution in [3.05, 3.63) is 94.0 Å². The second-order valence-corrected chi connectivity index (χ2v) is 11.7. The Morgan fingerprint density at radius 1 is 0.943 bits per heavy atom. The molecule has 0 radical (unpaired) electrons. The quantitative estimate of drug-likeness (QED) is 0.442. The number of para-hydroxylation sites is 1. The Balaban J connectivity index is 0.00000167. The highest BCUT2D eigenvalue weighted by atomic mass is 79.9. The molecule has 0 bridgehead atoms. The standard InChI is InChI=1S/C25H25BrN2O4S.C2H6/c1-24(2,3)27-33(31,32)20-14-10-18(11-15-20)25(30)21-6-4-5-7-22(21)28(23(25)29)16-17-8-12-19(26)13-9-17;1-2/h4-15,27,30H,16H2,1-3H3;1-2H3. The van der Waals surface area contributed by atoms with Gasteiger partial charge in [0.1, 0.15) is 0 Å². The number of hydrogen-bond donors (Lipinski definition) is 2. The van der Waals surface area contributed by atoms with Crippen molar-refractivity contribution >= 4 is 37.5 Å². The van der Waals surface area contributed by atoms with Crippen molar-refractivity contribution in [3.8, 4) is 0 Å². The maximum Gasteiger partial charge on any atom is 0.268 e. The molecule has 1 atom stereocenters. The van der Waals surface area contributed by atoms with Crippen LogP contribution in [-0.2, 0) is 27.0 Å². The Bertz CT molecular complexity index is 1300. The van der Waals surface area contributed by atoms with Crippen LogP contribution < -0.4 is 9.62 Å². The molecule has 0 saturated carbocycles. The summed E-state index contributed by atoms with van der Waals surface area (Å²) < 4.78 is 28.8. The van der Waals surface area contributed by atoms with Crippen LogP contribution in [0.4, 0.5) is 5.69 Å². The van der Waals surface area contributed by atoms with E-state index in [1.165, 1.54) is 24.3 Å². The zero-order valence-corrected chi connectivity index (χ0v) is 22.9. The summed E-state index contributed by atoms with van der Waals surface area (Å²) in [5.41, 5.74) is -0.224. The highest BCUT2D eigenvalue weighted by molar-refractivity contribution is 9.10. The van der Waals surface area contributed by atoms with Crippen molar-refractivity contribution in [2.24, 2.45) is 0 Å². The Labute approximate surface area is 216 Å². The first kappa shape index (κ1) is 27.1. The minimum atomic E-state index is -3.74. The molecule has 8 heteroatoms. The van der Waals surface area contributed by atoms with E-state index in [1.807, 2.05) is 44.2 Å². The lowest BCUT2D eigenvalue weighted by molar-refractivity contribution is -0.132. The first-order valence-corrected chi connectivity index (χ1v) is 13.7. The Hall–Kier alpha value is -2.52. The number of aliphatic hydroxyl groups is 1. The van der Waals surface area contributed by atoms with Gasteiger partial charge >= 0.3 is 0 Å². The van der Waals surface area contributed by atoms with Crippen LogP contribution in [0.3, 0.4) is 0 Å². The zero-order valence-electron chi connectivity index (χ0n) is 20.5. The number of nitrogens with one attached hydrogen (secondary N) is 1. The summed E-state index contributed by atoms with van der Waals surface area (Å²) in [6.07, 6.45) is 0. The molecule has 2 N–H and O–H groups in total. The van der Waals surface area contributed by atoms with E-state index in [2.05, 4.69) is 20.7 Å². The number of amides is 1. The van der Waals surface area contributed by atoms with Crippen molar-refractivity contribution < 1.29 is 18.3 Å². The minimum Gasteiger partial charge on any atom is -0.372 e. The van der Waals surface area contributed by atoms with Gasteiger partial charge in [0.2, 0.25) is 10.0 Å². The van der Waals surface area contributed by atoms with E-state index in [0.717, 1.165) is 10.0 Å². The Morgan fingerprint density at radius 3 is 2.09 bits per heavy atom. The van der Waals surface area contributed by atoms with Crippen molar-refractivity contribution in [1.29, 1.82) is 0 Å². The van der Waals surface area contributed by atoms with Crippen LogP contribution in [0.15, 0.2) is 82.2 Å². The highest BCUT2D eigenvalue weighted by Gasteiger charge is 2.50. The third-order valence-corrected chi connectivity index (χ3v) is 7.72. The van der Waals surface area contributed by atoms with Crippen LogP contribution in [0.2, 0.25) is 0 Å². The number of benzene rings is 3. The fraction of sp³-hybridized carbons (Fsp3) is 0.296. The SMILES string of the molecule is CC.CC(C)(C)NS(=O)(=O)c1ccc(C2(O)C(=O)N(Cc3ccc(Br)cc3)c3ccccc32)cc1. The molecule has 1 amide bonds. The molecule has 1 unspecified atom stereocenters. The summed E-state index contributed by atoms with van der Waals surface area (Å²) in [5, 5.41) is 11.7. The van der Waals surface area contributed by atoms with Crippen LogP contribution in [0.1, 0.15) is 51.3 Å². The smallest absolute Gasteiger partial charge is 0.268 e. The molecule has 186 valence electrons. The lowest BCUT2D eigenvalue weighted by atomic mass is 9.87. The van der Waals surface area contributed by atoms with Gasteiger partial charge in [0, 0.05) is 15.6 Å². The predicted molar refractivity (Wildman–Crippen MR) is 143 cm³/mol. The highest BCUT2D eigenvalue weighted by Crippen LogP contribution is 2.45. The van der Waals surface area contributed by atoms with E-state index in [1.54, 1.807) is 43.9 Å². The molecule has 6 nitrogen and oxygen atoms in total. The van der Waals surface area contributed by atoms with Gasteiger partial charge in [-0.15, -0.1) is 0 Å². The molecule has 35 heavy (non-hydrogen) atoms. The van der Waals surface area contributed by atoms with Crippen molar-refractivity contribution in [2.45, 2.75) is 57.2 Å². The zero-order chi connectivity index (χ0) is 26.0. The fourth-order valence-corrected chi connectivity index (χ4v) is 5.66. The number of nitrogens with zero attached hydrogens (tertiary/aromatic N) is 1. The molecule has 0 aliphatic carbocycles. The number of anilines is 1. The molecule has 0 spiro atoms. The van der Waals surface area contributed by atoms with E-state index in [9.17, 15) is 18.3 Å². The van der Waals surface area contributed by atoms with Gasteiger partial charge in [0.25, 0.3) is 5.91 Å². The Morgan fingerprint density at radius 2 is 1.51 bits per heavy atom. The van der Waals surface area contributed by atoms with Gasteiger partial charge < -0.3 is 10.0 Å². The molecule has 4 rings (SSSR count). The lowest BCUT2D eigenvalue weighted by Gasteiger charge is -2.24. The summed E-state index contributed by atoms with van der Waals surface area (Å²) in [6.45, 7) is 9.58. The summed E-state index contributed by atoms with van der Waals surface area (Å²) in [6, 6.07) is 20.6. The van der Waals surface area contributed by atoms with E-state index in [4.69, 9.17) is 0 Å². The molecule has 1 aliphatic rings. The van der Waals surface area contributed by atoms with E-state index < -0.39 is 27.1 Å². The molecule has 3 aromatic rings. The van der Waals surface area contributed by atoms with E-state index >= 15 is 0 Å². The monoisotopic (exact) mass is 558 g/mol. The molecule has 0 aromatic heterocycles. The van der Waals surface area contributed by atoms with E-state index in [-0.39, 0.29) is 4.90 Å². The third kappa shape index (κ3) is 5.51. The van der Waals surface area contributed by atoms with Crippen molar-refractivity contribution in [3.63, 3.8) is 0 Å². The number of carbonyl (C=O) groups is 1. The number of rotatable bonds is 5. The Kier molecular flexibility index (Phi) is 7.91. The normalized spacial score (nSPS) is 17.6. The summed E-state index contributed by atoms with van der Waals surface area (Å²) in [4.78, 5) is 15.2. The average molecular weight is 560 g/mol. The van der Waals surface area contributed by atoms with Crippen LogP contribution in [0, 0.1) is 0 Å². The molecule has 3 aromatic carbocycles. The van der Waals surface area contributed by atoms with Crippen molar-refractivity contribution in [2.75, 3.05) is 4.90 Å². The van der Waals surface area contributed by atoms with Gasteiger partial charge in [-0.1, -0.05) is 72.2 Å². The second-order valence-electron chi connectivity index (χ2n) is 9.13. The third-order valence-electron chi connectivity index (χ3n) is 5.42. The molecule has 0 fully saturated rings. The summed E-state index contributed by atoms with van der Waals surface area (Å²) in [5.74, 6) is -0.477. The lowest BCUT2D eigenvalue weighted by Crippen LogP contribution is -2.41. The van der Waals surface area contributed by atoms with Crippen LogP contribution >= 0.6 is 15.9 Å². The maximum atomic E-state index is 13.6. The van der Waals surface area contributed by atoms with Gasteiger partial charge in [-0.25, -0.2) is 13.1 Å². The van der Waals surface area contributed by atoms with Gasteiger partial charge in [-0.05, 0) is 62.2 Å². The summed E-state index contributed by atoms with van der Waals surface area (Å²) >= 11 is 3.41. The van der Waals surface area contributed by atoms with Gasteiger partial charge in [-0.2, -0.15) is 0 Å². The van der Waals surface area contributed by atoms with Crippen molar-refractivity contribution in [1.82, 2.24) is 4.72 Å². The largest absolute Gasteiger partial charge is 0.372 e. The first-order valence-electron chi connectivity index (χ1n) is 11.4. The molecular formula is C27H31BrN2O4S. The van der Waals surface area contributed by atoms with Gasteiger partial charge in [0.05, 0.1) is 17.1 Å². The minimum absolute atomic E-state index is 0.0650. The predicted octanol–water partition coefficient (Wildman–Crippen LogP) is 5.33. The average Bonchev–Trinajstić information content (AvgIpc) is 3.03. The van der Waals surface area contributed by atoms with Crippen LogP contribution in [-0.4, -0.2) is 25.0 Å². The van der Waals surface area contributed by atoms with Gasteiger partial charge in [0.15, 0.2) is 5.60 Å². The summed E-state index contributed by atoms with van der Waals surface area (Å²) in [7, 11) is -3.74. The topological polar surface area (TPSA) is 86.7 Å². The van der Waals surface area contributed by atoms with Crippen LogP contribution in [0.25, 0.3) is 0 Å². The number of sulfonamides is 1.